The fourth-order valence-electron chi connectivity index (χ4n) is 1.27. The first-order valence-corrected chi connectivity index (χ1v) is 5.29. The van der Waals surface area contributed by atoms with Crippen molar-refractivity contribution in [1.29, 1.82) is 0 Å². The van der Waals surface area contributed by atoms with Gasteiger partial charge in [-0.25, -0.2) is 4.39 Å². The summed E-state index contributed by atoms with van der Waals surface area (Å²) in [4.78, 5) is 11.6. The number of halogens is 1. The molecule has 0 aliphatic rings. The quantitative estimate of drug-likeness (QED) is 0.813. The molecule has 1 rings (SSSR count). The number of nitrogens with two attached hydrogens (primary N) is 1. The number of aryl methyl sites for hydroxylation is 1. The lowest BCUT2D eigenvalue weighted by Gasteiger charge is -2.11. The van der Waals surface area contributed by atoms with E-state index >= 15 is 0 Å². The minimum Gasteiger partial charge on any atom is -0.352 e. The van der Waals surface area contributed by atoms with E-state index < -0.39 is 5.82 Å². The van der Waals surface area contributed by atoms with Crippen LogP contribution in [-0.2, 0) is 0 Å². The van der Waals surface area contributed by atoms with Crippen molar-refractivity contribution in [3.05, 3.63) is 35.1 Å². The Hall–Kier alpha value is -1.42. The molecule has 0 aromatic heterocycles. The maximum Gasteiger partial charge on any atom is 0.254 e. The van der Waals surface area contributed by atoms with Gasteiger partial charge in [-0.1, -0.05) is 19.1 Å². The largest absolute Gasteiger partial charge is 0.352 e. The Balaban J connectivity index is 2.70. The van der Waals surface area contributed by atoms with Crippen molar-refractivity contribution in [2.45, 2.75) is 13.8 Å². The summed E-state index contributed by atoms with van der Waals surface area (Å²) in [5, 5.41) is 2.66. The van der Waals surface area contributed by atoms with Gasteiger partial charge in [0.05, 0.1) is 5.56 Å². The van der Waals surface area contributed by atoms with E-state index in [0.717, 1.165) is 0 Å². The van der Waals surface area contributed by atoms with Crippen molar-refractivity contribution in [2.75, 3.05) is 13.1 Å². The van der Waals surface area contributed by atoms with Crippen molar-refractivity contribution in [2.24, 2.45) is 11.7 Å². The van der Waals surface area contributed by atoms with Crippen LogP contribution in [0.25, 0.3) is 0 Å². The van der Waals surface area contributed by atoms with Crippen LogP contribution in [0.5, 0.6) is 0 Å². The lowest BCUT2D eigenvalue weighted by Crippen LogP contribution is -2.31. The molecule has 0 aliphatic carbocycles. The van der Waals surface area contributed by atoms with Gasteiger partial charge in [-0.15, -0.1) is 0 Å². The number of hydrogen-bond donors (Lipinski definition) is 2. The third-order valence-electron chi connectivity index (χ3n) is 2.45. The van der Waals surface area contributed by atoms with Crippen LogP contribution in [0.2, 0.25) is 0 Å². The van der Waals surface area contributed by atoms with E-state index in [1.807, 2.05) is 6.92 Å². The van der Waals surface area contributed by atoms with Crippen molar-refractivity contribution in [3.63, 3.8) is 0 Å². The molecule has 0 radical (unpaired) electrons. The summed E-state index contributed by atoms with van der Waals surface area (Å²) >= 11 is 0. The van der Waals surface area contributed by atoms with E-state index in [4.69, 9.17) is 5.73 Å². The molecule has 1 unspecified atom stereocenters. The molecule has 0 saturated heterocycles. The maximum atomic E-state index is 13.6. The van der Waals surface area contributed by atoms with Gasteiger partial charge >= 0.3 is 0 Å². The van der Waals surface area contributed by atoms with Gasteiger partial charge in [0.15, 0.2) is 0 Å². The zero-order valence-corrected chi connectivity index (χ0v) is 9.59. The molecule has 0 fully saturated rings. The van der Waals surface area contributed by atoms with Crippen LogP contribution in [0.15, 0.2) is 18.2 Å². The van der Waals surface area contributed by atoms with Gasteiger partial charge in [-0.05, 0) is 31.0 Å². The number of carbonyl (C=O) groups is 1. The molecule has 1 aromatic carbocycles. The van der Waals surface area contributed by atoms with Crippen LogP contribution in [-0.4, -0.2) is 19.0 Å². The molecule has 16 heavy (non-hydrogen) atoms. The number of rotatable bonds is 4. The predicted octanol–water partition coefficient (Wildman–Crippen LogP) is 1.46. The second-order valence-corrected chi connectivity index (χ2v) is 3.99. The van der Waals surface area contributed by atoms with Crippen LogP contribution < -0.4 is 11.1 Å². The molecule has 0 aliphatic heterocycles. The predicted molar refractivity (Wildman–Crippen MR) is 61.7 cm³/mol. The SMILES string of the molecule is Cc1cccc(C(=O)NCC(C)CN)c1F. The Morgan fingerprint density at radius 3 is 2.88 bits per heavy atom. The smallest absolute Gasteiger partial charge is 0.254 e. The highest BCUT2D eigenvalue weighted by Crippen LogP contribution is 2.11. The summed E-state index contributed by atoms with van der Waals surface area (Å²) in [6.45, 7) is 4.51. The minimum absolute atomic E-state index is 0.0872. The topological polar surface area (TPSA) is 55.1 Å². The molecule has 1 aromatic rings. The Bertz CT molecular complexity index is 379. The van der Waals surface area contributed by atoms with Crippen LogP contribution in [0, 0.1) is 18.7 Å². The Morgan fingerprint density at radius 2 is 2.25 bits per heavy atom. The normalized spacial score (nSPS) is 12.2. The Kier molecular flexibility index (Phi) is 4.43. The molecule has 0 bridgehead atoms. The fourth-order valence-corrected chi connectivity index (χ4v) is 1.27. The molecule has 3 nitrogen and oxygen atoms in total. The zero-order valence-electron chi connectivity index (χ0n) is 9.59. The molecular formula is C12H17FN2O. The number of benzene rings is 1. The molecule has 3 N–H and O–H groups in total. The monoisotopic (exact) mass is 224 g/mol. The van der Waals surface area contributed by atoms with Gasteiger partial charge in [0.1, 0.15) is 5.82 Å². The first-order chi connectivity index (χ1) is 7.56. The van der Waals surface area contributed by atoms with Crippen molar-refractivity contribution >= 4 is 5.91 Å². The molecular weight excluding hydrogens is 207 g/mol. The van der Waals surface area contributed by atoms with Crippen molar-refractivity contribution in [1.82, 2.24) is 5.32 Å². The highest BCUT2D eigenvalue weighted by atomic mass is 19.1. The highest BCUT2D eigenvalue weighted by Gasteiger charge is 2.13. The average Bonchev–Trinajstić information content (AvgIpc) is 2.29. The maximum absolute atomic E-state index is 13.6. The summed E-state index contributed by atoms with van der Waals surface area (Å²) in [5.74, 6) is -0.654. The second-order valence-electron chi connectivity index (χ2n) is 3.99. The summed E-state index contributed by atoms with van der Waals surface area (Å²) < 4.78 is 13.6. The fraction of sp³-hybridized carbons (Fsp3) is 0.417. The van der Waals surface area contributed by atoms with E-state index in [0.29, 0.717) is 18.7 Å². The van der Waals surface area contributed by atoms with Gasteiger partial charge in [0, 0.05) is 6.54 Å². The summed E-state index contributed by atoms with van der Waals surface area (Å²) in [6, 6.07) is 4.78. The van der Waals surface area contributed by atoms with E-state index in [-0.39, 0.29) is 17.4 Å². The second kappa shape index (κ2) is 5.61. The number of amides is 1. The summed E-state index contributed by atoms with van der Waals surface area (Å²) in [7, 11) is 0. The van der Waals surface area contributed by atoms with Crippen molar-refractivity contribution in [3.8, 4) is 0 Å². The van der Waals surface area contributed by atoms with Crippen LogP contribution in [0.3, 0.4) is 0 Å². The van der Waals surface area contributed by atoms with E-state index in [1.165, 1.54) is 6.07 Å². The third-order valence-corrected chi connectivity index (χ3v) is 2.45. The molecule has 0 saturated carbocycles. The lowest BCUT2D eigenvalue weighted by molar-refractivity contribution is 0.0944. The van der Waals surface area contributed by atoms with Gasteiger partial charge in [-0.2, -0.15) is 0 Å². The zero-order chi connectivity index (χ0) is 12.1. The third kappa shape index (κ3) is 3.03. The highest BCUT2D eigenvalue weighted by molar-refractivity contribution is 5.94. The average molecular weight is 224 g/mol. The molecule has 1 amide bonds. The van der Waals surface area contributed by atoms with E-state index in [9.17, 15) is 9.18 Å². The first kappa shape index (κ1) is 12.6. The van der Waals surface area contributed by atoms with Crippen molar-refractivity contribution < 1.29 is 9.18 Å². The van der Waals surface area contributed by atoms with E-state index in [2.05, 4.69) is 5.32 Å². The van der Waals surface area contributed by atoms with Crippen LogP contribution in [0.1, 0.15) is 22.8 Å². The first-order valence-electron chi connectivity index (χ1n) is 5.29. The molecule has 88 valence electrons. The van der Waals surface area contributed by atoms with E-state index in [1.54, 1.807) is 19.1 Å². The molecule has 4 heteroatoms. The molecule has 0 heterocycles. The molecule has 0 spiro atoms. The minimum atomic E-state index is -0.458. The van der Waals surface area contributed by atoms with Crippen LogP contribution in [0.4, 0.5) is 4.39 Å². The Morgan fingerprint density at radius 1 is 1.56 bits per heavy atom. The van der Waals surface area contributed by atoms with Gasteiger partial charge < -0.3 is 11.1 Å². The summed E-state index contributed by atoms with van der Waals surface area (Å²) in [5.41, 5.74) is 5.98. The number of nitrogens with one attached hydrogen (secondary N) is 1. The Labute approximate surface area is 94.8 Å². The van der Waals surface area contributed by atoms with Gasteiger partial charge in [0.25, 0.3) is 5.91 Å². The standard InChI is InChI=1S/C12H17FN2O/c1-8(6-14)7-15-12(16)10-5-3-4-9(2)11(10)13/h3-5,8H,6-7,14H2,1-2H3,(H,15,16). The summed E-state index contributed by atoms with van der Waals surface area (Å²) in [6.07, 6.45) is 0. The number of carbonyl (C=O) groups excluding carboxylic acids is 1. The van der Waals surface area contributed by atoms with Gasteiger partial charge in [-0.3, -0.25) is 4.79 Å². The van der Waals surface area contributed by atoms with Crippen LogP contribution >= 0.6 is 0 Å². The molecule has 1 atom stereocenters. The van der Waals surface area contributed by atoms with Gasteiger partial charge in [0.2, 0.25) is 0 Å². The lowest BCUT2D eigenvalue weighted by atomic mass is 10.1. The number of hydrogen-bond acceptors (Lipinski definition) is 2.